The molecule has 1 aromatic heterocycles. The minimum absolute atomic E-state index is 0.0607. The van der Waals surface area contributed by atoms with Crippen molar-refractivity contribution in [1.29, 1.82) is 0 Å². The van der Waals surface area contributed by atoms with Crippen LogP contribution in [0.3, 0.4) is 0 Å². The number of Topliss-reactive ketones (excluding diaryl/α,β-unsaturated/α-hetero) is 1. The Kier molecular flexibility index (Phi) is 4.47. The Morgan fingerprint density at radius 1 is 1.32 bits per heavy atom. The molecule has 0 radical (unpaired) electrons. The second kappa shape index (κ2) is 6.10. The molecule has 5 heteroatoms. The summed E-state index contributed by atoms with van der Waals surface area (Å²) in [6, 6.07) is 7.36. The zero-order valence-electron chi connectivity index (χ0n) is 11.0. The lowest BCUT2D eigenvalue weighted by molar-refractivity contribution is 0.0989. The Morgan fingerprint density at radius 2 is 2.00 bits per heavy atom. The molecule has 0 aliphatic rings. The lowest BCUT2D eigenvalue weighted by Gasteiger charge is -2.08. The van der Waals surface area contributed by atoms with Crippen LogP contribution in [0.1, 0.15) is 30.0 Å². The van der Waals surface area contributed by atoms with E-state index in [0.29, 0.717) is 11.5 Å². The Labute approximate surface area is 121 Å². The van der Waals surface area contributed by atoms with Crippen molar-refractivity contribution < 1.29 is 4.79 Å². The molecule has 0 N–H and O–H groups in total. The molecule has 0 spiro atoms. The van der Waals surface area contributed by atoms with Crippen molar-refractivity contribution in [3.8, 4) is 0 Å². The fraction of sp³-hybridized carbons (Fsp3) is 0.357. The first-order chi connectivity index (χ1) is 9.06. The predicted octanol–water partition coefficient (Wildman–Crippen LogP) is 3.12. The van der Waals surface area contributed by atoms with Gasteiger partial charge in [-0.2, -0.15) is 5.10 Å². The third-order valence-corrected chi connectivity index (χ3v) is 3.25. The van der Waals surface area contributed by atoms with Gasteiger partial charge in [0.15, 0.2) is 5.78 Å². The number of hydrogen-bond acceptors (Lipinski definition) is 3. The fourth-order valence-corrected chi connectivity index (χ4v) is 2.07. The first-order valence-electron chi connectivity index (χ1n) is 6.21. The molecule has 0 amide bonds. The molecule has 0 fully saturated rings. The van der Waals surface area contributed by atoms with E-state index in [4.69, 9.17) is 0 Å². The summed E-state index contributed by atoms with van der Waals surface area (Å²) in [5.74, 6) is 1.26. The summed E-state index contributed by atoms with van der Waals surface area (Å²) in [5, 5.41) is 4.16. The van der Waals surface area contributed by atoms with Crippen molar-refractivity contribution >= 4 is 21.7 Å². The van der Waals surface area contributed by atoms with Gasteiger partial charge in [0.05, 0.1) is 6.42 Å². The number of carbonyl (C=O) groups excluding carboxylic acids is 1. The van der Waals surface area contributed by atoms with E-state index < -0.39 is 0 Å². The van der Waals surface area contributed by atoms with Gasteiger partial charge < -0.3 is 0 Å². The van der Waals surface area contributed by atoms with Crippen LogP contribution in [0.5, 0.6) is 0 Å². The molecular weight excluding hydrogens is 306 g/mol. The summed E-state index contributed by atoms with van der Waals surface area (Å²) in [6.45, 7) is 5.01. The zero-order valence-corrected chi connectivity index (χ0v) is 12.6. The minimum atomic E-state index is 0.0607. The molecule has 0 atom stereocenters. The number of rotatable bonds is 5. The number of nitrogens with zero attached hydrogens (tertiary/aromatic N) is 3. The predicted molar refractivity (Wildman–Crippen MR) is 77.0 cm³/mol. The maximum Gasteiger partial charge on any atom is 0.170 e. The molecule has 2 aromatic rings. The lowest BCUT2D eigenvalue weighted by atomic mass is 10.1. The SMILES string of the molecule is CC(C)Cn1ncnc1CC(=O)c1ccc(Br)cc1. The Bertz CT molecular complexity index is 560. The molecule has 1 heterocycles. The third-order valence-electron chi connectivity index (χ3n) is 2.72. The van der Waals surface area contributed by atoms with Crippen molar-refractivity contribution in [1.82, 2.24) is 14.8 Å². The van der Waals surface area contributed by atoms with E-state index in [1.54, 1.807) is 4.68 Å². The van der Waals surface area contributed by atoms with E-state index in [2.05, 4.69) is 39.9 Å². The van der Waals surface area contributed by atoms with Gasteiger partial charge in [0.1, 0.15) is 12.2 Å². The number of ketones is 1. The summed E-state index contributed by atoms with van der Waals surface area (Å²) in [4.78, 5) is 16.3. The highest BCUT2D eigenvalue weighted by molar-refractivity contribution is 9.10. The summed E-state index contributed by atoms with van der Waals surface area (Å²) in [5.41, 5.74) is 0.697. The molecule has 0 saturated carbocycles. The molecule has 100 valence electrons. The molecule has 0 saturated heterocycles. The number of halogens is 1. The van der Waals surface area contributed by atoms with Crippen LogP contribution in [0.25, 0.3) is 0 Å². The molecule has 0 aliphatic carbocycles. The largest absolute Gasteiger partial charge is 0.294 e. The quantitative estimate of drug-likeness (QED) is 0.795. The average molecular weight is 322 g/mol. The van der Waals surface area contributed by atoms with Crippen LogP contribution in [0, 0.1) is 5.92 Å². The van der Waals surface area contributed by atoms with Crippen LogP contribution in [-0.4, -0.2) is 20.5 Å². The Hall–Kier alpha value is -1.49. The van der Waals surface area contributed by atoms with E-state index in [9.17, 15) is 4.79 Å². The number of aromatic nitrogens is 3. The average Bonchev–Trinajstić information content (AvgIpc) is 2.76. The lowest BCUT2D eigenvalue weighted by Crippen LogP contribution is -2.14. The second-order valence-corrected chi connectivity index (χ2v) is 5.77. The van der Waals surface area contributed by atoms with Gasteiger partial charge in [0.25, 0.3) is 0 Å². The van der Waals surface area contributed by atoms with Gasteiger partial charge >= 0.3 is 0 Å². The third kappa shape index (κ3) is 3.73. The van der Waals surface area contributed by atoms with Crippen LogP contribution in [0.15, 0.2) is 35.1 Å². The second-order valence-electron chi connectivity index (χ2n) is 4.86. The van der Waals surface area contributed by atoms with Gasteiger partial charge in [-0.3, -0.25) is 4.79 Å². The van der Waals surface area contributed by atoms with Crippen LogP contribution >= 0.6 is 15.9 Å². The summed E-state index contributed by atoms with van der Waals surface area (Å²) >= 11 is 3.36. The van der Waals surface area contributed by atoms with Gasteiger partial charge in [0, 0.05) is 16.6 Å². The van der Waals surface area contributed by atoms with E-state index in [-0.39, 0.29) is 12.2 Å². The molecular formula is C14H16BrN3O. The van der Waals surface area contributed by atoms with Gasteiger partial charge in [-0.25, -0.2) is 9.67 Å². The van der Waals surface area contributed by atoms with E-state index in [1.165, 1.54) is 6.33 Å². The van der Waals surface area contributed by atoms with Crippen LogP contribution in [0.4, 0.5) is 0 Å². The van der Waals surface area contributed by atoms with Crippen molar-refractivity contribution in [3.05, 3.63) is 46.5 Å². The van der Waals surface area contributed by atoms with Crippen molar-refractivity contribution in [2.24, 2.45) is 5.92 Å². The molecule has 4 nitrogen and oxygen atoms in total. The van der Waals surface area contributed by atoms with Gasteiger partial charge in [0.2, 0.25) is 0 Å². The maximum atomic E-state index is 12.2. The molecule has 0 bridgehead atoms. The minimum Gasteiger partial charge on any atom is -0.294 e. The highest BCUT2D eigenvalue weighted by atomic mass is 79.9. The van der Waals surface area contributed by atoms with E-state index in [1.807, 2.05) is 24.3 Å². The first kappa shape index (κ1) is 13.9. The molecule has 2 rings (SSSR count). The first-order valence-corrected chi connectivity index (χ1v) is 7.01. The summed E-state index contributed by atoms with van der Waals surface area (Å²) in [6.07, 6.45) is 1.79. The van der Waals surface area contributed by atoms with E-state index in [0.717, 1.165) is 16.8 Å². The smallest absolute Gasteiger partial charge is 0.170 e. The molecule has 0 aliphatic heterocycles. The normalized spacial score (nSPS) is 10.9. The standard InChI is InChI=1S/C14H16BrN3O/c1-10(2)8-18-14(16-9-17-18)7-13(19)11-3-5-12(15)6-4-11/h3-6,9-10H,7-8H2,1-2H3. The van der Waals surface area contributed by atoms with Crippen molar-refractivity contribution in [3.63, 3.8) is 0 Å². The molecule has 0 unspecified atom stereocenters. The Morgan fingerprint density at radius 3 is 2.63 bits per heavy atom. The van der Waals surface area contributed by atoms with Gasteiger partial charge in [-0.15, -0.1) is 0 Å². The topological polar surface area (TPSA) is 47.8 Å². The van der Waals surface area contributed by atoms with Crippen LogP contribution in [-0.2, 0) is 13.0 Å². The Balaban J connectivity index is 2.10. The number of benzene rings is 1. The molecule has 19 heavy (non-hydrogen) atoms. The highest BCUT2D eigenvalue weighted by Gasteiger charge is 2.12. The maximum absolute atomic E-state index is 12.2. The van der Waals surface area contributed by atoms with Crippen molar-refractivity contribution in [2.45, 2.75) is 26.8 Å². The summed E-state index contributed by atoms with van der Waals surface area (Å²) in [7, 11) is 0. The van der Waals surface area contributed by atoms with E-state index >= 15 is 0 Å². The fourth-order valence-electron chi connectivity index (χ4n) is 1.80. The number of hydrogen-bond donors (Lipinski definition) is 0. The van der Waals surface area contributed by atoms with Gasteiger partial charge in [-0.1, -0.05) is 41.9 Å². The molecule has 1 aromatic carbocycles. The summed E-state index contributed by atoms with van der Waals surface area (Å²) < 4.78 is 2.77. The zero-order chi connectivity index (χ0) is 13.8. The van der Waals surface area contributed by atoms with Crippen LogP contribution in [0.2, 0.25) is 0 Å². The van der Waals surface area contributed by atoms with Gasteiger partial charge in [-0.05, 0) is 18.1 Å². The van der Waals surface area contributed by atoms with Crippen LogP contribution < -0.4 is 0 Å². The highest BCUT2D eigenvalue weighted by Crippen LogP contribution is 2.12. The number of carbonyl (C=O) groups is 1. The monoisotopic (exact) mass is 321 g/mol. The van der Waals surface area contributed by atoms with Crippen molar-refractivity contribution in [2.75, 3.05) is 0 Å².